The molecule has 0 aliphatic heterocycles. The Balaban J connectivity index is 2.44. The summed E-state index contributed by atoms with van der Waals surface area (Å²) in [6, 6.07) is 9.29. The maximum Gasteiger partial charge on any atom is 0.179 e. The Kier molecular flexibility index (Phi) is 2.74. The minimum Gasteiger partial charge on any atom is -0.352 e. The third-order valence-electron chi connectivity index (χ3n) is 2.53. The summed E-state index contributed by atoms with van der Waals surface area (Å²) in [6.45, 7) is 1.98. The summed E-state index contributed by atoms with van der Waals surface area (Å²) >= 11 is 0. The predicted molar refractivity (Wildman–Crippen MR) is 62.3 cm³/mol. The molecular weight excluding hydrogens is 200 g/mol. The van der Waals surface area contributed by atoms with E-state index in [0.29, 0.717) is 17.7 Å². The van der Waals surface area contributed by atoms with E-state index >= 15 is 0 Å². The fourth-order valence-corrected chi connectivity index (χ4v) is 1.71. The van der Waals surface area contributed by atoms with Gasteiger partial charge in [-0.2, -0.15) is 5.26 Å². The number of ketones is 1. The van der Waals surface area contributed by atoms with Crippen molar-refractivity contribution in [3.63, 3.8) is 0 Å². The minimum atomic E-state index is 0.122. The molecule has 80 valence electrons. The number of aromatic nitrogens is 1. The van der Waals surface area contributed by atoms with Crippen LogP contribution in [-0.2, 0) is 0 Å². The number of rotatable bonds is 3. The van der Waals surface area contributed by atoms with Gasteiger partial charge in [-0.1, -0.05) is 13.0 Å². The fourth-order valence-electron chi connectivity index (χ4n) is 1.71. The second-order valence-corrected chi connectivity index (χ2v) is 3.77. The molecule has 0 bridgehead atoms. The Bertz CT molecular complexity index is 575. The van der Waals surface area contributed by atoms with Crippen molar-refractivity contribution in [3.8, 4) is 6.07 Å². The number of Topliss-reactive ketones (excluding diaryl/α,β-unsaturated/α-hetero) is 1. The van der Waals surface area contributed by atoms with Crippen molar-refractivity contribution in [3.05, 3.63) is 35.5 Å². The lowest BCUT2D eigenvalue weighted by atomic mass is 10.1. The zero-order valence-corrected chi connectivity index (χ0v) is 9.08. The lowest BCUT2D eigenvalue weighted by Crippen LogP contribution is -1.97. The highest BCUT2D eigenvalue weighted by Crippen LogP contribution is 2.18. The van der Waals surface area contributed by atoms with Crippen LogP contribution in [0.2, 0.25) is 0 Å². The van der Waals surface area contributed by atoms with Gasteiger partial charge in [0.05, 0.1) is 17.3 Å². The normalized spacial score (nSPS) is 10.2. The van der Waals surface area contributed by atoms with Gasteiger partial charge in [0.25, 0.3) is 0 Å². The van der Waals surface area contributed by atoms with Gasteiger partial charge in [0.1, 0.15) is 0 Å². The maximum absolute atomic E-state index is 11.7. The van der Waals surface area contributed by atoms with E-state index in [9.17, 15) is 4.79 Å². The van der Waals surface area contributed by atoms with E-state index in [1.165, 1.54) is 0 Å². The van der Waals surface area contributed by atoms with E-state index in [4.69, 9.17) is 5.26 Å². The summed E-state index contributed by atoms with van der Waals surface area (Å²) in [4.78, 5) is 14.7. The molecule has 0 saturated heterocycles. The van der Waals surface area contributed by atoms with Gasteiger partial charge >= 0.3 is 0 Å². The summed E-state index contributed by atoms with van der Waals surface area (Å²) in [6.07, 6.45) is 1.40. The molecule has 3 nitrogen and oxygen atoms in total. The Hall–Kier alpha value is -2.08. The zero-order valence-electron chi connectivity index (χ0n) is 9.08. The Morgan fingerprint density at radius 1 is 1.44 bits per heavy atom. The van der Waals surface area contributed by atoms with E-state index in [1.54, 1.807) is 12.1 Å². The van der Waals surface area contributed by atoms with Crippen molar-refractivity contribution in [2.75, 3.05) is 0 Å². The van der Waals surface area contributed by atoms with Crippen LogP contribution in [0.1, 0.15) is 35.8 Å². The molecule has 1 aromatic carbocycles. The third kappa shape index (κ3) is 1.82. The van der Waals surface area contributed by atoms with E-state index < -0.39 is 0 Å². The molecule has 2 rings (SSSR count). The van der Waals surface area contributed by atoms with E-state index in [0.717, 1.165) is 17.3 Å². The van der Waals surface area contributed by atoms with Gasteiger partial charge in [-0.15, -0.1) is 0 Å². The first-order chi connectivity index (χ1) is 7.74. The van der Waals surface area contributed by atoms with E-state index in [-0.39, 0.29) is 5.78 Å². The average Bonchev–Trinajstić information content (AvgIpc) is 2.71. The van der Waals surface area contributed by atoms with Gasteiger partial charge in [-0.25, -0.2) is 0 Å². The highest BCUT2D eigenvalue weighted by Gasteiger charge is 2.08. The van der Waals surface area contributed by atoms with Crippen molar-refractivity contribution in [1.29, 1.82) is 5.26 Å². The lowest BCUT2D eigenvalue weighted by molar-refractivity contribution is 0.0978. The van der Waals surface area contributed by atoms with Crippen LogP contribution in [0.4, 0.5) is 0 Å². The Morgan fingerprint density at radius 3 is 2.94 bits per heavy atom. The number of carbonyl (C=O) groups is 1. The SMILES string of the molecule is CCCC(=O)c1cc2ccc(C#N)cc2[nH]1. The molecule has 0 spiro atoms. The first-order valence-electron chi connectivity index (χ1n) is 5.30. The first-order valence-corrected chi connectivity index (χ1v) is 5.30. The number of hydrogen-bond donors (Lipinski definition) is 1. The van der Waals surface area contributed by atoms with Crippen LogP contribution in [0, 0.1) is 11.3 Å². The standard InChI is InChI=1S/C13H12N2O/c1-2-3-13(16)12-7-10-5-4-9(8-14)6-11(10)15-12/h4-7,15H,2-3H2,1H3. The number of nitrogens with zero attached hydrogens (tertiary/aromatic N) is 1. The molecule has 1 N–H and O–H groups in total. The molecule has 0 radical (unpaired) electrons. The highest BCUT2D eigenvalue weighted by atomic mass is 16.1. The topological polar surface area (TPSA) is 56.6 Å². The predicted octanol–water partition coefficient (Wildman–Crippen LogP) is 3.02. The third-order valence-corrected chi connectivity index (χ3v) is 2.53. The molecule has 0 aliphatic carbocycles. The van der Waals surface area contributed by atoms with Crippen molar-refractivity contribution in [2.45, 2.75) is 19.8 Å². The number of aromatic amines is 1. The summed E-state index contributed by atoms with van der Waals surface area (Å²) in [5.74, 6) is 0.122. The molecule has 1 heterocycles. The summed E-state index contributed by atoms with van der Waals surface area (Å²) < 4.78 is 0. The van der Waals surface area contributed by atoms with Crippen LogP contribution >= 0.6 is 0 Å². The molecule has 16 heavy (non-hydrogen) atoms. The lowest BCUT2D eigenvalue weighted by Gasteiger charge is -1.92. The van der Waals surface area contributed by atoms with Crippen molar-refractivity contribution in [1.82, 2.24) is 4.98 Å². The fraction of sp³-hybridized carbons (Fsp3) is 0.231. The van der Waals surface area contributed by atoms with Crippen molar-refractivity contribution in [2.24, 2.45) is 0 Å². The van der Waals surface area contributed by atoms with Crippen molar-refractivity contribution < 1.29 is 4.79 Å². The molecule has 0 atom stereocenters. The van der Waals surface area contributed by atoms with Crippen molar-refractivity contribution >= 4 is 16.7 Å². The number of H-pyrrole nitrogens is 1. The minimum absolute atomic E-state index is 0.122. The van der Waals surface area contributed by atoms with Gasteiger partial charge in [0, 0.05) is 17.3 Å². The Labute approximate surface area is 93.7 Å². The summed E-state index contributed by atoms with van der Waals surface area (Å²) in [5, 5.41) is 9.74. The van der Waals surface area contributed by atoms with Crippen LogP contribution in [0.5, 0.6) is 0 Å². The van der Waals surface area contributed by atoms with Gasteiger partial charge in [0.15, 0.2) is 5.78 Å². The van der Waals surface area contributed by atoms with Gasteiger partial charge in [0.2, 0.25) is 0 Å². The number of fused-ring (bicyclic) bond motifs is 1. The largest absolute Gasteiger partial charge is 0.352 e. The molecule has 0 fully saturated rings. The Morgan fingerprint density at radius 2 is 2.25 bits per heavy atom. The van der Waals surface area contributed by atoms with Crippen LogP contribution in [-0.4, -0.2) is 10.8 Å². The average molecular weight is 212 g/mol. The zero-order chi connectivity index (χ0) is 11.5. The number of benzene rings is 1. The van der Waals surface area contributed by atoms with Gasteiger partial charge in [-0.3, -0.25) is 4.79 Å². The van der Waals surface area contributed by atoms with Crippen LogP contribution in [0.15, 0.2) is 24.3 Å². The molecule has 3 heteroatoms. The van der Waals surface area contributed by atoms with Gasteiger partial charge in [-0.05, 0) is 24.6 Å². The van der Waals surface area contributed by atoms with Gasteiger partial charge < -0.3 is 4.98 Å². The molecule has 0 unspecified atom stereocenters. The number of nitrogens with one attached hydrogen (secondary N) is 1. The number of carbonyl (C=O) groups excluding carboxylic acids is 1. The molecule has 0 aliphatic rings. The second-order valence-electron chi connectivity index (χ2n) is 3.77. The first kappa shape index (κ1) is 10.4. The second kappa shape index (κ2) is 4.19. The number of nitriles is 1. The van der Waals surface area contributed by atoms with Crippen LogP contribution in [0.3, 0.4) is 0 Å². The summed E-state index contributed by atoms with van der Waals surface area (Å²) in [7, 11) is 0. The smallest absolute Gasteiger partial charge is 0.179 e. The van der Waals surface area contributed by atoms with Crippen LogP contribution in [0.25, 0.3) is 10.9 Å². The number of hydrogen-bond acceptors (Lipinski definition) is 2. The molecule has 1 aromatic heterocycles. The molecular formula is C13H12N2O. The van der Waals surface area contributed by atoms with E-state index in [2.05, 4.69) is 11.1 Å². The molecule has 2 aromatic rings. The summed E-state index contributed by atoms with van der Waals surface area (Å²) in [5.41, 5.74) is 2.08. The van der Waals surface area contributed by atoms with Crippen LogP contribution < -0.4 is 0 Å². The monoisotopic (exact) mass is 212 g/mol. The maximum atomic E-state index is 11.7. The quantitative estimate of drug-likeness (QED) is 0.795. The molecule has 0 saturated carbocycles. The highest BCUT2D eigenvalue weighted by molar-refractivity contribution is 5.99. The van der Waals surface area contributed by atoms with E-state index in [1.807, 2.05) is 19.1 Å². The molecule has 0 amide bonds.